The van der Waals surface area contributed by atoms with E-state index in [9.17, 15) is 0 Å². The van der Waals surface area contributed by atoms with Gasteiger partial charge in [-0.25, -0.2) is 0 Å². The van der Waals surface area contributed by atoms with E-state index in [0.717, 1.165) is 38.4 Å². The van der Waals surface area contributed by atoms with Gasteiger partial charge in [0.15, 0.2) is 0 Å². The van der Waals surface area contributed by atoms with Crippen molar-refractivity contribution in [1.29, 1.82) is 0 Å². The molecule has 18 heavy (non-hydrogen) atoms. The number of nitrogens with two attached hydrogens (primary N) is 1. The van der Waals surface area contributed by atoms with Crippen molar-refractivity contribution in [3.63, 3.8) is 0 Å². The number of methoxy groups -OCH3 is 1. The lowest BCUT2D eigenvalue weighted by atomic mass is 10.00. The van der Waals surface area contributed by atoms with Gasteiger partial charge in [0.25, 0.3) is 0 Å². The Morgan fingerprint density at radius 3 is 3.06 bits per heavy atom. The second kappa shape index (κ2) is 4.31. The zero-order valence-electron chi connectivity index (χ0n) is 10.7. The largest absolute Gasteiger partial charge is 0.479 e. The first-order valence-corrected chi connectivity index (χ1v) is 6.42. The smallest absolute Gasteiger partial charge is 0.238 e. The maximum Gasteiger partial charge on any atom is 0.238 e. The highest BCUT2D eigenvalue weighted by atomic mass is 16.5. The zero-order chi connectivity index (χ0) is 12.6. The van der Waals surface area contributed by atoms with Crippen molar-refractivity contribution in [2.75, 3.05) is 37.4 Å². The predicted octanol–water partition coefficient (Wildman–Crippen LogP) is 1.43. The summed E-state index contributed by atoms with van der Waals surface area (Å²) in [4.78, 5) is 6.71. The molecule has 2 saturated heterocycles. The van der Waals surface area contributed by atoms with Crippen LogP contribution in [0.25, 0.3) is 0 Å². The van der Waals surface area contributed by atoms with E-state index in [2.05, 4.69) is 9.88 Å². The molecule has 2 N–H and O–H groups in total. The number of ether oxygens (including phenoxy) is 2. The van der Waals surface area contributed by atoms with E-state index in [0.29, 0.717) is 11.6 Å². The van der Waals surface area contributed by atoms with E-state index >= 15 is 0 Å². The molecule has 3 rings (SSSR count). The summed E-state index contributed by atoms with van der Waals surface area (Å²) in [6.07, 6.45) is 3.42. The van der Waals surface area contributed by atoms with Crippen LogP contribution in [0.3, 0.4) is 0 Å². The minimum absolute atomic E-state index is 0.0658. The molecule has 0 radical (unpaired) electrons. The van der Waals surface area contributed by atoms with Crippen LogP contribution in [0.4, 0.5) is 11.5 Å². The zero-order valence-corrected chi connectivity index (χ0v) is 10.7. The highest BCUT2D eigenvalue weighted by molar-refractivity contribution is 5.55. The number of pyridine rings is 1. The van der Waals surface area contributed by atoms with Crippen molar-refractivity contribution >= 4 is 11.5 Å². The molecule has 0 saturated carbocycles. The Bertz CT molecular complexity index is 444. The first-order valence-electron chi connectivity index (χ1n) is 6.42. The van der Waals surface area contributed by atoms with Crippen molar-refractivity contribution in [2.24, 2.45) is 0 Å². The van der Waals surface area contributed by atoms with Gasteiger partial charge >= 0.3 is 0 Å². The van der Waals surface area contributed by atoms with E-state index in [1.807, 2.05) is 12.1 Å². The molecule has 5 nitrogen and oxygen atoms in total. The monoisotopic (exact) mass is 249 g/mol. The topological polar surface area (TPSA) is 60.6 Å². The number of nitrogen functional groups attached to an aromatic ring is 1. The summed E-state index contributed by atoms with van der Waals surface area (Å²) < 4.78 is 11.1. The lowest BCUT2D eigenvalue weighted by Crippen LogP contribution is -2.32. The van der Waals surface area contributed by atoms with Crippen LogP contribution in [0.5, 0.6) is 5.88 Å². The van der Waals surface area contributed by atoms with Crippen molar-refractivity contribution in [3.8, 4) is 5.88 Å². The van der Waals surface area contributed by atoms with Gasteiger partial charge in [-0.15, -0.1) is 0 Å². The van der Waals surface area contributed by atoms with Crippen LogP contribution in [-0.2, 0) is 4.74 Å². The quantitative estimate of drug-likeness (QED) is 0.859. The third-order valence-corrected chi connectivity index (χ3v) is 3.89. The van der Waals surface area contributed by atoms with Crippen molar-refractivity contribution in [3.05, 3.63) is 12.1 Å². The summed E-state index contributed by atoms with van der Waals surface area (Å²) in [5, 5.41) is 0. The molecule has 0 aromatic carbocycles. The minimum atomic E-state index is 0.0658. The van der Waals surface area contributed by atoms with Crippen molar-refractivity contribution in [2.45, 2.75) is 24.9 Å². The molecule has 0 amide bonds. The molecule has 0 aliphatic carbocycles. The van der Waals surface area contributed by atoms with Gasteiger partial charge in [0.1, 0.15) is 5.82 Å². The summed E-state index contributed by atoms with van der Waals surface area (Å²) in [5.74, 6) is 1.43. The molecule has 1 unspecified atom stereocenters. The van der Waals surface area contributed by atoms with E-state index < -0.39 is 0 Å². The molecular weight excluding hydrogens is 230 g/mol. The van der Waals surface area contributed by atoms with Crippen LogP contribution >= 0.6 is 0 Å². The van der Waals surface area contributed by atoms with E-state index in [-0.39, 0.29) is 5.60 Å². The highest BCUT2D eigenvalue weighted by Gasteiger charge is 2.42. The molecule has 1 aromatic heterocycles. The van der Waals surface area contributed by atoms with E-state index in [1.54, 1.807) is 7.11 Å². The molecule has 2 fully saturated rings. The number of hydrogen-bond donors (Lipinski definition) is 1. The maximum atomic E-state index is 5.91. The number of hydrogen-bond acceptors (Lipinski definition) is 5. The molecule has 5 heteroatoms. The predicted molar refractivity (Wildman–Crippen MR) is 69.9 cm³/mol. The Kier molecular flexibility index (Phi) is 2.78. The van der Waals surface area contributed by atoms with Crippen molar-refractivity contribution < 1.29 is 9.47 Å². The van der Waals surface area contributed by atoms with Gasteiger partial charge in [0.05, 0.1) is 18.4 Å². The Balaban J connectivity index is 1.80. The van der Waals surface area contributed by atoms with Crippen LogP contribution < -0.4 is 15.4 Å². The fraction of sp³-hybridized carbons (Fsp3) is 0.615. The summed E-state index contributed by atoms with van der Waals surface area (Å²) in [6, 6.07) is 3.80. The summed E-state index contributed by atoms with van der Waals surface area (Å²) in [6.45, 7) is 2.81. The van der Waals surface area contributed by atoms with Crippen LogP contribution in [-0.4, -0.2) is 37.4 Å². The van der Waals surface area contributed by atoms with Crippen LogP contribution in [0.1, 0.15) is 19.3 Å². The molecule has 1 aromatic rings. The Morgan fingerprint density at radius 1 is 1.44 bits per heavy atom. The second-order valence-corrected chi connectivity index (χ2v) is 5.07. The van der Waals surface area contributed by atoms with Crippen LogP contribution in [0, 0.1) is 0 Å². The summed E-state index contributed by atoms with van der Waals surface area (Å²) in [7, 11) is 1.59. The van der Waals surface area contributed by atoms with Crippen molar-refractivity contribution in [1.82, 2.24) is 4.98 Å². The lowest BCUT2D eigenvalue weighted by Gasteiger charge is -2.23. The number of anilines is 2. The van der Waals surface area contributed by atoms with Gasteiger partial charge in [0, 0.05) is 19.7 Å². The Hall–Kier alpha value is -1.49. The van der Waals surface area contributed by atoms with Crippen LogP contribution in [0.15, 0.2) is 12.1 Å². The second-order valence-electron chi connectivity index (χ2n) is 5.07. The standard InChI is InChI=1S/C13H19N3O2/c1-17-12-10(14)3-4-11(15-12)16-7-6-13(9-16)5-2-8-18-13/h3-4H,2,5-9,14H2,1H3. The van der Waals surface area contributed by atoms with Gasteiger partial charge in [0.2, 0.25) is 5.88 Å². The normalized spacial score (nSPS) is 27.1. The molecule has 98 valence electrons. The maximum absolute atomic E-state index is 5.91. The third kappa shape index (κ3) is 1.88. The summed E-state index contributed by atoms with van der Waals surface area (Å²) in [5.41, 5.74) is 6.43. The lowest BCUT2D eigenvalue weighted by molar-refractivity contribution is 0.0231. The molecule has 1 spiro atoms. The van der Waals surface area contributed by atoms with E-state index in [1.165, 1.54) is 6.42 Å². The first kappa shape index (κ1) is 11.6. The molecule has 2 aliphatic rings. The molecule has 1 atom stereocenters. The van der Waals surface area contributed by atoms with Gasteiger partial charge in [-0.2, -0.15) is 4.98 Å². The molecule has 0 bridgehead atoms. The fourth-order valence-corrected chi connectivity index (χ4v) is 2.90. The van der Waals surface area contributed by atoms with Gasteiger partial charge in [-0.05, 0) is 31.4 Å². The first-order chi connectivity index (χ1) is 8.72. The van der Waals surface area contributed by atoms with E-state index in [4.69, 9.17) is 15.2 Å². The molecular formula is C13H19N3O2. The molecule has 2 aliphatic heterocycles. The fourth-order valence-electron chi connectivity index (χ4n) is 2.90. The minimum Gasteiger partial charge on any atom is -0.479 e. The van der Waals surface area contributed by atoms with Gasteiger partial charge in [-0.1, -0.05) is 0 Å². The number of rotatable bonds is 2. The number of nitrogens with zero attached hydrogens (tertiary/aromatic N) is 2. The third-order valence-electron chi connectivity index (χ3n) is 3.89. The van der Waals surface area contributed by atoms with Gasteiger partial charge < -0.3 is 20.1 Å². The Morgan fingerprint density at radius 2 is 2.33 bits per heavy atom. The highest BCUT2D eigenvalue weighted by Crippen LogP contribution is 2.37. The summed E-state index contributed by atoms with van der Waals surface area (Å²) >= 11 is 0. The van der Waals surface area contributed by atoms with Crippen LogP contribution in [0.2, 0.25) is 0 Å². The SMILES string of the molecule is COc1nc(N2CCC3(CCCO3)C2)ccc1N. The average molecular weight is 249 g/mol. The van der Waals surface area contributed by atoms with Gasteiger partial charge in [-0.3, -0.25) is 0 Å². The molecule has 3 heterocycles. The number of aromatic nitrogens is 1. The average Bonchev–Trinajstić information content (AvgIpc) is 3.01. The Labute approximate surface area is 107 Å².